The van der Waals surface area contributed by atoms with E-state index in [0.29, 0.717) is 0 Å². The average Bonchev–Trinajstić information content (AvgIpc) is 2.78. The van der Waals surface area contributed by atoms with Gasteiger partial charge in [-0.1, -0.05) is 19.1 Å². The number of pyridine rings is 1. The summed E-state index contributed by atoms with van der Waals surface area (Å²) in [4.78, 5) is 6.79. The first-order chi connectivity index (χ1) is 7.79. The topological polar surface area (TPSA) is 12.9 Å². The molecule has 2 heterocycles. The molecule has 0 N–H and O–H groups in total. The van der Waals surface area contributed by atoms with Gasteiger partial charge in [0, 0.05) is 34.5 Å². The fourth-order valence-corrected chi connectivity index (χ4v) is 2.53. The zero-order valence-corrected chi connectivity index (χ0v) is 10.1. The third-order valence-corrected chi connectivity index (χ3v) is 3.68. The Hall–Kier alpha value is -1.41. The van der Waals surface area contributed by atoms with Gasteiger partial charge in [-0.3, -0.25) is 4.98 Å². The summed E-state index contributed by atoms with van der Waals surface area (Å²) in [5.41, 5.74) is 1.26. The van der Waals surface area contributed by atoms with Gasteiger partial charge in [-0.2, -0.15) is 0 Å². The Bertz CT molecular complexity index is 459. The highest BCUT2D eigenvalue weighted by atomic mass is 32.1. The highest BCUT2D eigenvalue weighted by Crippen LogP contribution is 2.26. The molecule has 0 aromatic carbocycles. The molecule has 0 fully saturated rings. The molecule has 0 amide bonds. The van der Waals surface area contributed by atoms with E-state index in [1.54, 1.807) is 6.20 Å². The van der Waals surface area contributed by atoms with E-state index in [9.17, 15) is 0 Å². The molecule has 2 aromatic rings. The lowest BCUT2D eigenvalue weighted by molar-refractivity contribution is 1.17. The number of hydrogen-bond donors (Lipinski definition) is 0. The minimum Gasteiger partial charge on any atom is -0.264 e. The maximum Gasteiger partial charge on any atom is 0.0332 e. The molecule has 0 saturated carbocycles. The van der Waals surface area contributed by atoms with Crippen LogP contribution in [0.5, 0.6) is 0 Å². The van der Waals surface area contributed by atoms with Crippen molar-refractivity contribution in [3.05, 3.63) is 70.5 Å². The lowest BCUT2D eigenvalue weighted by atomic mass is 10.1. The number of rotatable bonds is 4. The quantitative estimate of drug-likeness (QED) is 0.774. The Balaban J connectivity index is 2.11. The smallest absolute Gasteiger partial charge is 0.0332 e. The van der Waals surface area contributed by atoms with Crippen LogP contribution in [0, 0.1) is 5.92 Å². The van der Waals surface area contributed by atoms with Crippen molar-refractivity contribution in [2.45, 2.75) is 13.3 Å². The molecular weight excluding hydrogens is 214 g/mol. The van der Waals surface area contributed by atoms with E-state index in [1.165, 1.54) is 21.2 Å². The number of hydrogen-bond acceptors (Lipinski definition) is 2. The van der Waals surface area contributed by atoms with Crippen LogP contribution in [0.25, 0.3) is 0 Å². The Morgan fingerprint density at radius 2 is 2.31 bits per heavy atom. The van der Waals surface area contributed by atoms with Crippen LogP contribution >= 0.6 is 11.3 Å². The van der Waals surface area contributed by atoms with Crippen LogP contribution in [0.2, 0.25) is 0 Å². The van der Waals surface area contributed by atoms with Gasteiger partial charge in [0.05, 0.1) is 0 Å². The number of nitrogens with zero attached hydrogens (tertiary/aromatic N) is 1. The lowest BCUT2D eigenvalue weighted by Crippen LogP contribution is -1.85. The molecule has 0 bridgehead atoms. The van der Waals surface area contributed by atoms with E-state index < -0.39 is 0 Å². The maximum absolute atomic E-state index is 4.12. The molecule has 0 unspecified atom stereocenters. The van der Waals surface area contributed by atoms with Gasteiger partial charge < -0.3 is 0 Å². The molecule has 2 heteroatoms. The lowest BCUT2D eigenvalue weighted by Gasteiger charge is -1.99. The Morgan fingerprint density at radius 3 is 3.00 bits per heavy atom. The SMILES string of the molecule is C=C[C](C)c1ccc(Cc2cccnc2)s1. The Labute approximate surface area is 100 Å². The predicted octanol–water partition coefficient (Wildman–Crippen LogP) is 3.86. The van der Waals surface area contributed by atoms with Crippen molar-refractivity contribution in [2.75, 3.05) is 0 Å². The summed E-state index contributed by atoms with van der Waals surface area (Å²) in [6, 6.07) is 8.43. The molecule has 0 aliphatic carbocycles. The fraction of sp³-hybridized carbons (Fsp3) is 0.143. The standard InChI is InChI=1S/C14H14NS/c1-3-11(2)14-7-6-13(16-14)9-12-5-4-8-15-10-12/h3-8,10H,1,9H2,2H3. The Morgan fingerprint density at radius 1 is 1.44 bits per heavy atom. The second-order valence-electron chi connectivity index (χ2n) is 3.69. The third-order valence-electron chi connectivity index (χ3n) is 2.46. The minimum atomic E-state index is 0.961. The van der Waals surface area contributed by atoms with Crippen LogP contribution in [0.3, 0.4) is 0 Å². The van der Waals surface area contributed by atoms with E-state index >= 15 is 0 Å². The highest BCUT2D eigenvalue weighted by Gasteiger charge is 2.06. The van der Waals surface area contributed by atoms with Gasteiger partial charge in [0.15, 0.2) is 0 Å². The predicted molar refractivity (Wildman–Crippen MR) is 69.6 cm³/mol. The van der Waals surface area contributed by atoms with Gasteiger partial charge in [0.2, 0.25) is 0 Å². The van der Waals surface area contributed by atoms with Gasteiger partial charge in [0.1, 0.15) is 0 Å². The summed E-state index contributed by atoms with van der Waals surface area (Å²) in [5, 5.41) is 0. The zero-order valence-electron chi connectivity index (χ0n) is 9.31. The van der Waals surface area contributed by atoms with Crippen LogP contribution in [0.1, 0.15) is 22.2 Å². The van der Waals surface area contributed by atoms with Crippen molar-refractivity contribution >= 4 is 11.3 Å². The first-order valence-electron chi connectivity index (χ1n) is 5.23. The van der Waals surface area contributed by atoms with E-state index in [2.05, 4.69) is 36.7 Å². The van der Waals surface area contributed by atoms with Gasteiger partial charge in [0.25, 0.3) is 0 Å². The van der Waals surface area contributed by atoms with Crippen LogP contribution in [0.15, 0.2) is 49.3 Å². The summed E-state index contributed by atoms with van der Waals surface area (Å²) in [5.74, 6) is 1.24. The van der Waals surface area contributed by atoms with Crippen molar-refractivity contribution in [3.63, 3.8) is 0 Å². The molecule has 0 spiro atoms. The number of allylic oxidation sites excluding steroid dienone is 1. The summed E-state index contributed by atoms with van der Waals surface area (Å²) < 4.78 is 0. The van der Waals surface area contributed by atoms with Crippen molar-refractivity contribution in [2.24, 2.45) is 0 Å². The largest absolute Gasteiger partial charge is 0.264 e. The molecule has 16 heavy (non-hydrogen) atoms. The minimum absolute atomic E-state index is 0.961. The highest BCUT2D eigenvalue weighted by molar-refractivity contribution is 7.12. The molecular formula is C14H14NS. The Kier molecular flexibility index (Phi) is 3.52. The van der Waals surface area contributed by atoms with E-state index in [4.69, 9.17) is 0 Å². The fourth-order valence-electron chi connectivity index (χ4n) is 1.49. The summed E-state index contributed by atoms with van der Waals surface area (Å²) >= 11 is 1.82. The molecule has 0 atom stereocenters. The molecule has 1 nitrogen and oxygen atoms in total. The van der Waals surface area contributed by atoms with Gasteiger partial charge in [-0.25, -0.2) is 0 Å². The second-order valence-corrected chi connectivity index (χ2v) is 4.86. The van der Waals surface area contributed by atoms with Crippen LogP contribution in [-0.2, 0) is 6.42 Å². The van der Waals surface area contributed by atoms with Crippen LogP contribution in [-0.4, -0.2) is 4.98 Å². The number of thiophene rings is 1. The van der Waals surface area contributed by atoms with E-state index in [1.807, 2.05) is 29.7 Å². The van der Waals surface area contributed by atoms with Crippen LogP contribution < -0.4 is 0 Å². The monoisotopic (exact) mass is 228 g/mol. The molecule has 2 aromatic heterocycles. The van der Waals surface area contributed by atoms with Gasteiger partial charge in [-0.05, 0) is 23.8 Å². The summed E-state index contributed by atoms with van der Waals surface area (Å²) in [7, 11) is 0. The normalized spacial score (nSPS) is 10.6. The third kappa shape index (κ3) is 2.58. The van der Waals surface area contributed by atoms with Crippen LogP contribution in [0.4, 0.5) is 0 Å². The average molecular weight is 228 g/mol. The van der Waals surface area contributed by atoms with Crippen molar-refractivity contribution < 1.29 is 0 Å². The van der Waals surface area contributed by atoms with Crippen molar-refractivity contribution in [1.29, 1.82) is 0 Å². The maximum atomic E-state index is 4.12. The van der Waals surface area contributed by atoms with E-state index in [0.717, 1.165) is 6.42 Å². The second kappa shape index (κ2) is 5.08. The zero-order chi connectivity index (χ0) is 11.4. The van der Waals surface area contributed by atoms with E-state index in [-0.39, 0.29) is 0 Å². The van der Waals surface area contributed by atoms with Gasteiger partial charge >= 0.3 is 0 Å². The summed E-state index contributed by atoms with van der Waals surface area (Å²) in [6.07, 6.45) is 6.59. The molecule has 81 valence electrons. The molecule has 2 rings (SSSR count). The van der Waals surface area contributed by atoms with Gasteiger partial charge in [-0.15, -0.1) is 17.9 Å². The molecule has 0 saturated heterocycles. The number of aromatic nitrogens is 1. The first-order valence-corrected chi connectivity index (χ1v) is 6.05. The molecule has 0 aliphatic rings. The van der Waals surface area contributed by atoms with Crippen molar-refractivity contribution in [3.8, 4) is 0 Å². The molecule has 0 aliphatic heterocycles. The van der Waals surface area contributed by atoms with Crippen molar-refractivity contribution in [1.82, 2.24) is 4.98 Å². The first kappa shape index (κ1) is 11.1. The summed E-state index contributed by atoms with van der Waals surface area (Å²) in [6.45, 7) is 5.88. The molecule has 1 radical (unpaired) electrons.